The highest BCUT2D eigenvalue weighted by molar-refractivity contribution is 6.55. The van der Waals surface area contributed by atoms with E-state index in [1.54, 1.807) is 48.5 Å². The van der Waals surface area contributed by atoms with Crippen molar-refractivity contribution in [2.24, 2.45) is 4.99 Å². The van der Waals surface area contributed by atoms with Gasteiger partial charge in [0.05, 0.1) is 5.69 Å². The zero-order valence-corrected chi connectivity index (χ0v) is 14.4. The molecule has 1 aliphatic carbocycles. The number of hydrogen-bond acceptors (Lipinski definition) is 4. The maximum atomic E-state index is 13.1. The summed E-state index contributed by atoms with van der Waals surface area (Å²) in [5, 5.41) is 0.608. The Morgan fingerprint density at radius 1 is 0.920 bits per heavy atom. The predicted molar refractivity (Wildman–Crippen MR) is 98.2 cm³/mol. The Balaban J connectivity index is 1.84. The molecular weight excluding hydrogens is 336 g/mol. The second kappa shape index (κ2) is 6.54. The average Bonchev–Trinajstić information content (AvgIpc) is 3.15. The van der Waals surface area contributed by atoms with Crippen LogP contribution in [-0.4, -0.2) is 41.3 Å². The van der Waals surface area contributed by atoms with E-state index >= 15 is 0 Å². The van der Waals surface area contributed by atoms with Crippen LogP contribution in [0.3, 0.4) is 0 Å². The van der Waals surface area contributed by atoms with Crippen LogP contribution in [0.15, 0.2) is 53.5 Å². The summed E-state index contributed by atoms with van der Waals surface area (Å²) in [5.74, 6) is -0.202. The van der Waals surface area contributed by atoms with Crippen molar-refractivity contribution in [1.29, 1.82) is 0 Å². The van der Waals surface area contributed by atoms with Crippen LogP contribution in [0.4, 0.5) is 5.69 Å². The van der Waals surface area contributed by atoms with Gasteiger partial charge in [0.1, 0.15) is 11.8 Å². The molecule has 1 saturated heterocycles. The van der Waals surface area contributed by atoms with E-state index in [-0.39, 0.29) is 11.6 Å². The smallest absolute Gasteiger partial charge is 0.210 e. The van der Waals surface area contributed by atoms with Crippen molar-refractivity contribution in [2.75, 3.05) is 13.1 Å². The van der Waals surface area contributed by atoms with Crippen molar-refractivity contribution in [1.82, 2.24) is 4.90 Å². The maximum absolute atomic E-state index is 13.1. The molecule has 4 rings (SSSR count). The van der Waals surface area contributed by atoms with Crippen LogP contribution < -0.4 is 0 Å². The zero-order valence-electron chi connectivity index (χ0n) is 13.6. The first kappa shape index (κ1) is 16.2. The number of rotatable bonds is 2. The minimum absolute atomic E-state index is 0.0372. The molecule has 2 aromatic carbocycles. The molecule has 0 spiro atoms. The largest absolute Gasteiger partial charge is 0.292 e. The molecular formula is C20H17ClN2O2. The van der Waals surface area contributed by atoms with Crippen LogP contribution in [0.1, 0.15) is 33.6 Å². The summed E-state index contributed by atoms with van der Waals surface area (Å²) in [6, 6.07) is 13.4. The van der Waals surface area contributed by atoms with Gasteiger partial charge in [-0.25, -0.2) is 4.99 Å². The number of likely N-dealkylation sites (tertiary alicyclic amines) is 1. The number of halogens is 1. The number of aliphatic imine (C=N–C) groups is 1. The number of nitrogens with zero attached hydrogens (tertiary/aromatic N) is 2. The van der Waals surface area contributed by atoms with E-state index in [2.05, 4.69) is 9.89 Å². The van der Waals surface area contributed by atoms with Gasteiger partial charge in [-0.2, -0.15) is 0 Å². The predicted octanol–water partition coefficient (Wildman–Crippen LogP) is 3.96. The van der Waals surface area contributed by atoms with E-state index in [1.165, 1.54) is 0 Å². The van der Waals surface area contributed by atoms with Gasteiger partial charge in [0, 0.05) is 16.1 Å². The number of ketones is 2. The lowest BCUT2D eigenvalue weighted by atomic mass is 9.83. The Hall–Kier alpha value is -2.30. The standard InChI is InChI=1S/C20H17ClN2O2/c21-13-7-9-14(10-8-13)22-17-18(23-11-3-4-12-23)20(25)16-6-2-1-5-15(16)19(17)24/h1-2,5-10,18H,3-4,11-12H2. The number of carbonyl (C=O) groups excluding carboxylic acids is 2. The summed E-state index contributed by atoms with van der Waals surface area (Å²) in [4.78, 5) is 32.8. The maximum Gasteiger partial charge on any atom is 0.210 e. The monoisotopic (exact) mass is 352 g/mol. The third-order valence-corrected chi connectivity index (χ3v) is 5.01. The van der Waals surface area contributed by atoms with Gasteiger partial charge in [0.15, 0.2) is 5.78 Å². The first-order chi connectivity index (χ1) is 12.1. The first-order valence-electron chi connectivity index (χ1n) is 8.41. The molecule has 2 aromatic rings. The average molecular weight is 353 g/mol. The highest BCUT2D eigenvalue weighted by Crippen LogP contribution is 2.28. The molecule has 1 heterocycles. The van der Waals surface area contributed by atoms with Gasteiger partial charge in [0.2, 0.25) is 5.78 Å². The molecule has 1 atom stereocenters. The fourth-order valence-corrected chi connectivity index (χ4v) is 3.66. The number of hydrogen-bond donors (Lipinski definition) is 0. The molecule has 1 aliphatic heterocycles. The van der Waals surface area contributed by atoms with E-state index in [0.717, 1.165) is 25.9 Å². The summed E-state index contributed by atoms with van der Waals surface area (Å²) in [6.07, 6.45) is 2.07. The van der Waals surface area contributed by atoms with E-state index in [0.29, 0.717) is 27.5 Å². The van der Waals surface area contributed by atoms with Crippen molar-refractivity contribution in [3.05, 3.63) is 64.7 Å². The lowest BCUT2D eigenvalue weighted by Crippen LogP contribution is -2.51. The number of Topliss-reactive ketones (excluding diaryl/α,β-unsaturated/α-hetero) is 2. The Kier molecular flexibility index (Phi) is 4.24. The molecule has 1 unspecified atom stereocenters. The molecule has 5 heteroatoms. The Labute approximate surface area is 151 Å². The third-order valence-electron chi connectivity index (χ3n) is 4.76. The Morgan fingerprint density at radius 2 is 1.56 bits per heavy atom. The minimum atomic E-state index is -0.597. The van der Waals surface area contributed by atoms with Gasteiger partial charge >= 0.3 is 0 Å². The van der Waals surface area contributed by atoms with Crippen LogP contribution in [0, 0.1) is 0 Å². The van der Waals surface area contributed by atoms with Crippen LogP contribution in [0.5, 0.6) is 0 Å². The fourth-order valence-electron chi connectivity index (χ4n) is 3.53. The van der Waals surface area contributed by atoms with E-state index in [1.807, 2.05) is 0 Å². The normalized spacial score (nSPS) is 22.4. The summed E-state index contributed by atoms with van der Waals surface area (Å²) in [5.41, 5.74) is 1.88. The molecule has 0 aromatic heterocycles. The van der Waals surface area contributed by atoms with Crippen molar-refractivity contribution in [2.45, 2.75) is 18.9 Å². The van der Waals surface area contributed by atoms with Crippen molar-refractivity contribution >= 4 is 34.6 Å². The summed E-state index contributed by atoms with van der Waals surface area (Å²) < 4.78 is 0. The summed E-state index contributed by atoms with van der Waals surface area (Å²) in [7, 11) is 0. The topological polar surface area (TPSA) is 49.7 Å². The number of carbonyl (C=O) groups is 2. The van der Waals surface area contributed by atoms with E-state index in [4.69, 9.17) is 11.6 Å². The lowest BCUT2D eigenvalue weighted by molar-refractivity contribution is 0.0873. The highest BCUT2D eigenvalue weighted by atomic mass is 35.5. The van der Waals surface area contributed by atoms with Crippen LogP contribution >= 0.6 is 11.6 Å². The second-order valence-corrected chi connectivity index (χ2v) is 6.79. The molecule has 0 saturated carbocycles. The molecule has 1 fully saturated rings. The quantitative estimate of drug-likeness (QED) is 0.822. The van der Waals surface area contributed by atoms with Crippen LogP contribution in [0.25, 0.3) is 0 Å². The zero-order chi connectivity index (χ0) is 17.4. The molecule has 0 amide bonds. The third kappa shape index (κ3) is 2.92. The fraction of sp³-hybridized carbons (Fsp3) is 0.250. The van der Waals surface area contributed by atoms with Gasteiger partial charge in [-0.1, -0.05) is 35.9 Å². The molecule has 25 heavy (non-hydrogen) atoms. The van der Waals surface area contributed by atoms with Crippen molar-refractivity contribution in [3.8, 4) is 0 Å². The van der Waals surface area contributed by atoms with Crippen molar-refractivity contribution < 1.29 is 9.59 Å². The molecule has 0 bridgehead atoms. The number of benzene rings is 2. The van der Waals surface area contributed by atoms with E-state index in [9.17, 15) is 9.59 Å². The highest BCUT2D eigenvalue weighted by Gasteiger charge is 2.42. The van der Waals surface area contributed by atoms with Gasteiger partial charge < -0.3 is 0 Å². The lowest BCUT2D eigenvalue weighted by Gasteiger charge is -2.31. The molecule has 126 valence electrons. The first-order valence-corrected chi connectivity index (χ1v) is 8.79. The number of fused-ring (bicyclic) bond motifs is 1. The molecule has 4 nitrogen and oxygen atoms in total. The van der Waals surface area contributed by atoms with E-state index < -0.39 is 6.04 Å². The van der Waals surface area contributed by atoms with Gasteiger partial charge in [0.25, 0.3) is 0 Å². The Morgan fingerprint density at radius 3 is 2.24 bits per heavy atom. The SMILES string of the molecule is O=C1C(=Nc2ccc(Cl)cc2)C(N2CCCC2)C(=O)c2ccccc21. The molecule has 0 N–H and O–H groups in total. The minimum Gasteiger partial charge on any atom is -0.292 e. The van der Waals surface area contributed by atoms with Gasteiger partial charge in [-0.05, 0) is 50.2 Å². The Bertz CT molecular complexity index is 868. The van der Waals surface area contributed by atoms with Gasteiger partial charge in [-0.15, -0.1) is 0 Å². The summed E-state index contributed by atoms with van der Waals surface area (Å²) >= 11 is 5.93. The van der Waals surface area contributed by atoms with Crippen LogP contribution in [-0.2, 0) is 0 Å². The molecule has 0 radical (unpaired) electrons. The van der Waals surface area contributed by atoms with Crippen LogP contribution in [0.2, 0.25) is 5.02 Å². The second-order valence-electron chi connectivity index (χ2n) is 6.36. The van der Waals surface area contributed by atoms with Crippen molar-refractivity contribution in [3.63, 3.8) is 0 Å². The summed E-state index contributed by atoms with van der Waals surface area (Å²) in [6.45, 7) is 1.62. The molecule has 2 aliphatic rings. The van der Waals surface area contributed by atoms with Gasteiger partial charge in [-0.3, -0.25) is 14.5 Å².